The van der Waals surface area contributed by atoms with Crippen molar-refractivity contribution in [3.63, 3.8) is 0 Å². The van der Waals surface area contributed by atoms with Gasteiger partial charge in [-0.2, -0.15) is 0 Å². The molecule has 0 aliphatic heterocycles. The molecule has 0 bridgehead atoms. The average Bonchev–Trinajstić information content (AvgIpc) is 2.94. The molecule has 1 fully saturated rings. The molecule has 0 aromatic carbocycles. The number of esters is 2. The maximum absolute atomic E-state index is 13.0. The number of amides is 2. The summed E-state index contributed by atoms with van der Waals surface area (Å²) in [5.74, 6) is -3.42. The highest BCUT2D eigenvalue weighted by atomic mass is 16.6. The van der Waals surface area contributed by atoms with Crippen LogP contribution >= 0.6 is 0 Å². The summed E-state index contributed by atoms with van der Waals surface area (Å²) in [5, 5.41) is 2.55. The quantitative estimate of drug-likeness (QED) is 0.267. The summed E-state index contributed by atoms with van der Waals surface area (Å²) in [4.78, 5) is 62.9. The number of ketones is 1. The van der Waals surface area contributed by atoms with Gasteiger partial charge in [-0.15, -0.1) is 0 Å². The molecule has 1 rings (SSSR count). The molecule has 0 aromatic rings. The maximum atomic E-state index is 13.0. The number of rotatable bonds is 8. The lowest BCUT2D eigenvalue weighted by Crippen LogP contribution is -2.67. The Balaban J connectivity index is 3.44. The van der Waals surface area contributed by atoms with Crippen LogP contribution in [0.15, 0.2) is 0 Å². The number of carbonyl (C=O) groups excluding carboxylic acids is 5. The fourth-order valence-corrected chi connectivity index (χ4v) is 3.41. The van der Waals surface area contributed by atoms with Gasteiger partial charge in [-0.3, -0.25) is 9.59 Å². The molecular formula is C19H30N2O8. The first-order valence-corrected chi connectivity index (χ1v) is 9.47. The molecule has 164 valence electrons. The van der Waals surface area contributed by atoms with Gasteiger partial charge in [0.15, 0.2) is 0 Å². The fraction of sp³-hybridized carbons (Fsp3) is 0.737. The van der Waals surface area contributed by atoms with Gasteiger partial charge in [0.05, 0.1) is 13.2 Å². The lowest BCUT2D eigenvalue weighted by molar-refractivity contribution is -0.181. The van der Waals surface area contributed by atoms with Gasteiger partial charge in [0.25, 0.3) is 0 Å². The minimum atomic E-state index is -2.22. The Kier molecular flexibility index (Phi) is 8.16. The van der Waals surface area contributed by atoms with Crippen LogP contribution in [0.1, 0.15) is 47.5 Å². The molecule has 0 spiro atoms. The number of carbonyl (C=O) groups is 5. The third-order valence-corrected chi connectivity index (χ3v) is 4.51. The Morgan fingerprint density at radius 1 is 1.10 bits per heavy atom. The van der Waals surface area contributed by atoms with Gasteiger partial charge in [0.2, 0.25) is 11.9 Å². The topological polar surface area (TPSA) is 128 Å². The molecule has 0 radical (unpaired) electrons. The summed E-state index contributed by atoms with van der Waals surface area (Å²) in [5.41, 5.74) is -3.01. The summed E-state index contributed by atoms with van der Waals surface area (Å²) in [6.07, 6.45) is -0.869. The number of likely N-dealkylation sites (N-methyl/N-ethyl adjacent to an activating group) is 1. The van der Waals surface area contributed by atoms with Crippen LogP contribution in [0.5, 0.6) is 0 Å². The second-order valence-electron chi connectivity index (χ2n) is 7.73. The fourth-order valence-electron chi connectivity index (χ4n) is 3.41. The number of hydrogen-bond acceptors (Lipinski definition) is 8. The van der Waals surface area contributed by atoms with Crippen LogP contribution in [0, 0.1) is 5.92 Å². The molecular weight excluding hydrogens is 384 g/mol. The van der Waals surface area contributed by atoms with E-state index < -0.39 is 41.1 Å². The van der Waals surface area contributed by atoms with E-state index in [0.717, 1.165) is 4.90 Å². The molecule has 2 amide bonds. The van der Waals surface area contributed by atoms with Crippen molar-refractivity contribution in [2.45, 2.75) is 64.6 Å². The van der Waals surface area contributed by atoms with E-state index in [1.807, 2.05) is 0 Å². The van der Waals surface area contributed by atoms with Crippen molar-refractivity contribution < 1.29 is 38.2 Å². The van der Waals surface area contributed by atoms with Crippen molar-refractivity contribution in [1.29, 1.82) is 0 Å². The van der Waals surface area contributed by atoms with E-state index in [1.54, 1.807) is 34.6 Å². The summed E-state index contributed by atoms with van der Waals surface area (Å²) < 4.78 is 15.4. The summed E-state index contributed by atoms with van der Waals surface area (Å²) in [7, 11) is 1.23. The van der Waals surface area contributed by atoms with Crippen LogP contribution in [0.2, 0.25) is 0 Å². The molecule has 10 heteroatoms. The van der Waals surface area contributed by atoms with Crippen LogP contribution in [0.25, 0.3) is 0 Å². The van der Waals surface area contributed by atoms with Gasteiger partial charge in [-0.05, 0) is 34.6 Å². The molecule has 1 saturated carbocycles. The highest BCUT2D eigenvalue weighted by Gasteiger charge is 2.63. The smallest absolute Gasteiger partial charge is 0.407 e. The number of ether oxygens (including phenoxy) is 3. The Morgan fingerprint density at radius 2 is 1.62 bits per heavy atom. The first-order valence-electron chi connectivity index (χ1n) is 9.47. The largest absolute Gasteiger partial charge is 0.464 e. The van der Waals surface area contributed by atoms with Crippen molar-refractivity contribution in [2.75, 3.05) is 20.3 Å². The zero-order valence-electron chi connectivity index (χ0n) is 17.8. The third-order valence-electron chi connectivity index (χ3n) is 4.51. The van der Waals surface area contributed by atoms with Gasteiger partial charge < -0.3 is 24.4 Å². The van der Waals surface area contributed by atoms with Crippen molar-refractivity contribution in [1.82, 2.24) is 10.2 Å². The molecule has 2 atom stereocenters. The molecule has 0 saturated heterocycles. The normalized spacial score (nSPS) is 19.3. The van der Waals surface area contributed by atoms with E-state index in [9.17, 15) is 24.0 Å². The Hall–Kier alpha value is -2.65. The molecule has 0 heterocycles. The van der Waals surface area contributed by atoms with Crippen LogP contribution in [-0.2, 0) is 33.4 Å². The van der Waals surface area contributed by atoms with Crippen LogP contribution < -0.4 is 5.32 Å². The van der Waals surface area contributed by atoms with Crippen molar-refractivity contribution in [2.24, 2.45) is 5.92 Å². The predicted octanol–water partition coefficient (Wildman–Crippen LogP) is 0.812. The lowest BCUT2D eigenvalue weighted by Gasteiger charge is -2.41. The minimum Gasteiger partial charge on any atom is -0.464 e. The number of alkyl carbamates (subject to hydrolysis) is 1. The van der Waals surface area contributed by atoms with Crippen molar-refractivity contribution in [3.05, 3.63) is 0 Å². The minimum absolute atomic E-state index is 0.0580. The number of nitrogens with one attached hydrogen (secondary N) is 1. The van der Waals surface area contributed by atoms with E-state index in [0.29, 0.717) is 6.41 Å². The Bertz CT molecular complexity index is 637. The van der Waals surface area contributed by atoms with E-state index in [1.165, 1.54) is 7.05 Å². The zero-order chi connectivity index (χ0) is 22.4. The summed E-state index contributed by atoms with van der Waals surface area (Å²) in [6, 6.07) is -0.937. The molecule has 1 N–H and O–H groups in total. The second-order valence-corrected chi connectivity index (χ2v) is 7.73. The summed E-state index contributed by atoms with van der Waals surface area (Å²) >= 11 is 0. The monoisotopic (exact) mass is 414 g/mol. The van der Waals surface area contributed by atoms with Crippen LogP contribution in [0.3, 0.4) is 0 Å². The summed E-state index contributed by atoms with van der Waals surface area (Å²) in [6.45, 7) is 7.99. The van der Waals surface area contributed by atoms with E-state index in [4.69, 9.17) is 14.2 Å². The molecule has 0 aromatic heterocycles. The second kappa shape index (κ2) is 9.71. The van der Waals surface area contributed by atoms with Crippen LogP contribution in [-0.4, -0.2) is 72.6 Å². The first kappa shape index (κ1) is 24.4. The van der Waals surface area contributed by atoms with Crippen molar-refractivity contribution in [3.8, 4) is 0 Å². The van der Waals surface area contributed by atoms with Gasteiger partial charge in [0, 0.05) is 31.8 Å². The van der Waals surface area contributed by atoms with Gasteiger partial charge in [-0.1, -0.05) is 0 Å². The van der Waals surface area contributed by atoms with E-state index in [2.05, 4.69) is 5.32 Å². The standard InChI is InChI=1S/C19H30N2O8/c1-7-27-15(24)19(21(6)11-22,16(25)28-8-2)13-9-12(23)10-14(13)20-17(26)29-18(3,4)5/h11,13-14H,7-10H2,1-6H3,(H,20,26)/t13-,14-/m1/s1. The Morgan fingerprint density at radius 3 is 2.03 bits per heavy atom. The number of hydrogen-bond donors (Lipinski definition) is 1. The van der Waals surface area contributed by atoms with Gasteiger partial charge in [-0.25, -0.2) is 14.4 Å². The first-order chi connectivity index (χ1) is 13.4. The highest BCUT2D eigenvalue weighted by Crippen LogP contribution is 2.38. The predicted molar refractivity (Wildman–Crippen MR) is 101 cm³/mol. The van der Waals surface area contributed by atoms with Gasteiger partial charge >= 0.3 is 18.0 Å². The van der Waals surface area contributed by atoms with Gasteiger partial charge in [0.1, 0.15) is 11.4 Å². The third kappa shape index (κ3) is 5.45. The molecule has 1 aliphatic rings. The average molecular weight is 414 g/mol. The molecule has 1 aliphatic carbocycles. The Labute approximate surface area is 170 Å². The number of Topliss-reactive ketones (excluding diaryl/α,β-unsaturated/α-hetero) is 1. The molecule has 10 nitrogen and oxygen atoms in total. The lowest BCUT2D eigenvalue weighted by atomic mass is 9.78. The highest BCUT2D eigenvalue weighted by molar-refractivity contribution is 6.08. The van der Waals surface area contributed by atoms with E-state index >= 15 is 0 Å². The van der Waals surface area contributed by atoms with Crippen molar-refractivity contribution >= 4 is 30.2 Å². The molecule has 0 unspecified atom stereocenters. The maximum Gasteiger partial charge on any atom is 0.407 e. The zero-order valence-corrected chi connectivity index (χ0v) is 17.8. The van der Waals surface area contributed by atoms with E-state index in [-0.39, 0.29) is 31.8 Å². The van der Waals surface area contributed by atoms with Crippen LogP contribution in [0.4, 0.5) is 4.79 Å². The SMILES string of the molecule is CCOC(=O)C(C(=O)OCC)([C@@H]1CC(=O)C[C@H]1NC(=O)OC(C)(C)C)N(C)C=O. The molecule has 29 heavy (non-hydrogen) atoms. The number of nitrogens with zero attached hydrogens (tertiary/aromatic N) is 1.